The van der Waals surface area contributed by atoms with Crippen molar-refractivity contribution < 1.29 is 8.78 Å². The van der Waals surface area contributed by atoms with Gasteiger partial charge in [0.05, 0.1) is 0 Å². The van der Waals surface area contributed by atoms with Gasteiger partial charge in [0.15, 0.2) is 0 Å². The van der Waals surface area contributed by atoms with Crippen LogP contribution in [0.3, 0.4) is 0 Å². The van der Waals surface area contributed by atoms with E-state index in [1.807, 2.05) is 0 Å². The Balaban J connectivity index is 2.10. The molecule has 1 N–H and O–H groups in total. The van der Waals surface area contributed by atoms with Gasteiger partial charge in [0, 0.05) is 12.5 Å². The van der Waals surface area contributed by atoms with Gasteiger partial charge in [-0.1, -0.05) is 12.1 Å². The fraction of sp³-hybridized carbons (Fsp3) is 0.538. The molecule has 3 heteroatoms. The minimum absolute atomic E-state index is 0.221. The predicted octanol–water partition coefficient (Wildman–Crippen LogP) is 3.15. The fourth-order valence-electron chi connectivity index (χ4n) is 2.32. The number of benzene rings is 1. The van der Waals surface area contributed by atoms with Crippen molar-refractivity contribution in [2.75, 3.05) is 6.54 Å². The lowest BCUT2D eigenvalue weighted by molar-refractivity contribution is 0.159. The summed E-state index contributed by atoms with van der Waals surface area (Å²) in [6.45, 7) is 2.49. The first-order valence-corrected chi connectivity index (χ1v) is 5.76. The van der Waals surface area contributed by atoms with Crippen molar-refractivity contribution in [3.63, 3.8) is 0 Å². The topological polar surface area (TPSA) is 12.0 Å². The average Bonchev–Trinajstić information content (AvgIpc) is 2.70. The van der Waals surface area contributed by atoms with Gasteiger partial charge in [0.2, 0.25) is 0 Å². The van der Waals surface area contributed by atoms with Gasteiger partial charge in [-0.05, 0) is 44.0 Å². The van der Waals surface area contributed by atoms with Gasteiger partial charge in [0.25, 0.3) is 0 Å². The van der Waals surface area contributed by atoms with Crippen molar-refractivity contribution in [3.8, 4) is 0 Å². The van der Waals surface area contributed by atoms with Crippen LogP contribution in [0.25, 0.3) is 0 Å². The first-order chi connectivity index (χ1) is 7.58. The zero-order valence-corrected chi connectivity index (χ0v) is 9.47. The van der Waals surface area contributed by atoms with E-state index in [9.17, 15) is 8.78 Å². The summed E-state index contributed by atoms with van der Waals surface area (Å²) in [6, 6.07) is 6.06. The molecular formula is C13H17F2N. The van der Waals surface area contributed by atoms with Gasteiger partial charge >= 0.3 is 0 Å². The maximum Gasteiger partial charge on any atom is 0.134 e. The Hall–Kier alpha value is -0.960. The second-order valence-electron chi connectivity index (χ2n) is 4.71. The molecule has 0 spiro atoms. The first kappa shape index (κ1) is 11.5. The first-order valence-electron chi connectivity index (χ1n) is 5.76. The molecule has 0 saturated carbocycles. The van der Waals surface area contributed by atoms with Crippen LogP contribution in [0.4, 0.5) is 8.78 Å². The highest BCUT2D eigenvalue weighted by molar-refractivity contribution is 5.23. The monoisotopic (exact) mass is 225 g/mol. The van der Waals surface area contributed by atoms with Crippen LogP contribution in [0.15, 0.2) is 24.3 Å². The molecule has 16 heavy (non-hydrogen) atoms. The molecule has 2 rings (SSSR count). The zero-order valence-electron chi connectivity index (χ0n) is 9.47. The van der Waals surface area contributed by atoms with E-state index in [2.05, 4.69) is 5.32 Å². The van der Waals surface area contributed by atoms with Crippen LogP contribution in [0.1, 0.15) is 31.7 Å². The van der Waals surface area contributed by atoms with E-state index < -0.39 is 5.67 Å². The minimum atomic E-state index is -1.45. The standard InChI is InChI=1S/C13H17F2N/c1-13(15,9-12-6-3-7-16-12)10-4-2-5-11(14)8-10/h2,4-5,8,12,16H,3,6-7,9H2,1H3. The smallest absolute Gasteiger partial charge is 0.134 e. The van der Waals surface area contributed by atoms with Gasteiger partial charge in [-0.3, -0.25) is 0 Å². The van der Waals surface area contributed by atoms with Gasteiger partial charge < -0.3 is 5.32 Å². The van der Waals surface area contributed by atoms with Crippen LogP contribution in [-0.4, -0.2) is 12.6 Å². The molecule has 1 aromatic rings. The van der Waals surface area contributed by atoms with Gasteiger partial charge in [-0.2, -0.15) is 0 Å². The van der Waals surface area contributed by atoms with E-state index in [0.717, 1.165) is 19.4 Å². The minimum Gasteiger partial charge on any atom is -0.314 e. The third-order valence-corrected chi connectivity index (χ3v) is 3.22. The molecule has 2 unspecified atom stereocenters. The number of hydrogen-bond acceptors (Lipinski definition) is 1. The third kappa shape index (κ3) is 2.59. The van der Waals surface area contributed by atoms with E-state index in [-0.39, 0.29) is 11.9 Å². The predicted molar refractivity (Wildman–Crippen MR) is 60.5 cm³/mol. The summed E-state index contributed by atoms with van der Waals surface area (Å²) in [5.41, 5.74) is -1.02. The molecule has 0 radical (unpaired) electrons. The normalized spacial score (nSPS) is 24.3. The molecule has 1 fully saturated rings. The largest absolute Gasteiger partial charge is 0.314 e. The lowest BCUT2D eigenvalue weighted by Gasteiger charge is -2.24. The fourth-order valence-corrected chi connectivity index (χ4v) is 2.32. The molecule has 1 nitrogen and oxygen atoms in total. The summed E-state index contributed by atoms with van der Waals surface area (Å²) in [6.07, 6.45) is 2.52. The Labute approximate surface area is 94.9 Å². The molecular weight excluding hydrogens is 208 g/mol. The molecule has 2 atom stereocenters. The third-order valence-electron chi connectivity index (χ3n) is 3.22. The van der Waals surface area contributed by atoms with E-state index in [4.69, 9.17) is 0 Å². The van der Waals surface area contributed by atoms with Crippen molar-refractivity contribution in [2.45, 2.75) is 37.9 Å². The highest BCUT2D eigenvalue weighted by Gasteiger charge is 2.31. The van der Waals surface area contributed by atoms with E-state index >= 15 is 0 Å². The average molecular weight is 225 g/mol. The molecule has 1 aliphatic rings. The van der Waals surface area contributed by atoms with E-state index in [0.29, 0.717) is 12.0 Å². The van der Waals surface area contributed by atoms with Crippen molar-refractivity contribution >= 4 is 0 Å². The summed E-state index contributed by atoms with van der Waals surface area (Å²) >= 11 is 0. The van der Waals surface area contributed by atoms with Crippen LogP contribution in [0, 0.1) is 5.82 Å². The molecule has 0 amide bonds. The molecule has 0 aliphatic carbocycles. The number of rotatable bonds is 3. The highest BCUT2D eigenvalue weighted by Crippen LogP contribution is 2.32. The van der Waals surface area contributed by atoms with Crippen LogP contribution >= 0.6 is 0 Å². The SMILES string of the molecule is CC(F)(CC1CCCN1)c1cccc(F)c1. The number of nitrogens with one attached hydrogen (secondary N) is 1. The molecule has 1 saturated heterocycles. The Morgan fingerprint density at radius 1 is 1.50 bits per heavy atom. The quantitative estimate of drug-likeness (QED) is 0.833. The van der Waals surface area contributed by atoms with E-state index in [1.165, 1.54) is 19.1 Å². The van der Waals surface area contributed by atoms with Gasteiger partial charge in [0.1, 0.15) is 11.5 Å². The lowest BCUT2D eigenvalue weighted by atomic mass is 9.90. The zero-order chi connectivity index (χ0) is 11.6. The van der Waals surface area contributed by atoms with Gasteiger partial charge in [-0.25, -0.2) is 8.78 Å². The second-order valence-corrected chi connectivity index (χ2v) is 4.71. The number of alkyl halides is 1. The van der Waals surface area contributed by atoms with E-state index in [1.54, 1.807) is 12.1 Å². The van der Waals surface area contributed by atoms with Crippen LogP contribution in [-0.2, 0) is 5.67 Å². The van der Waals surface area contributed by atoms with Crippen molar-refractivity contribution in [2.24, 2.45) is 0 Å². The molecule has 0 aromatic heterocycles. The Morgan fingerprint density at radius 3 is 2.94 bits per heavy atom. The Kier molecular flexibility index (Phi) is 3.24. The maximum absolute atomic E-state index is 14.4. The van der Waals surface area contributed by atoms with Crippen LogP contribution < -0.4 is 5.32 Å². The van der Waals surface area contributed by atoms with Crippen molar-refractivity contribution in [1.82, 2.24) is 5.32 Å². The number of hydrogen-bond donors (Lipinski definition) is 1. The summed E-state index contributed by atoms with van der Waals surface area (Å²) in [5.74, 6) is -0.374. The molecule has 0 bridgehead atoms. The van der Waals surface area contributed by atoms with Crippen LogP contribution in [0.2, 0.25) is 0 Å². The summed E-state index contributed by atoms with van der Waals surface area (Å²) in [4.78, 5) is 0. The number of halogens is 2. The molecule has 1 aromatic carbocycles. The second kappa shape index (κ2) is 4.50. The van der Waals surface area contributed by atoms with Crippen molar-refractivity contribution in [3.05, 3.63) is 35.6 Å². The molecule has 88 valence electrons. The summed E-state index contributed by atoms with van der Waals surface area (Å²) in [7, 11) is 0. The van der Waals surface area contributed by atoms with Crippen LogP contribution in [0.5, 0.6) is 0 Å². The summed E-state index contributed by atoms with van der Waals surface area (Å²) in [5, 5.41) is 3.26. The van der Waals surface area contributed by atoms with Crippen molar-refractivity contribution in [1.29, 1.82) is 0 Å². The molecule has 1 heterocycles. The molecule has 1 aliphatic heterocycles. The maximum atomic E-state index is 14.4. The Morgan fingerprint density at radius 2 is 2.31 bits per heavy atom. The Bertz CT molecular complexity index is 357. The summed E-state index contributed by atoms with van der Waals surface area (Å²) < 4.78 is 27.5. The van der Waals surface area contributed by atoms with Gasteiger partial charge in [-0.15, -0.1) is 0 Å². The highest BCUT2D eigenvalue weighted by atomic mass is 19.1. The lowest BCUT2D eigenvalue weighted by Crippen LogP contribution is -2.30.